The molecule has 2 amide bonds. The molecule has 0 radical (unpaired) electrons. The van der Waals surface area contributed by atoms with Crippen molar-refractivity contribution in [2.75, 3.05) is 5.32 Å². The Hall–Kier alpha value is -3.40. The summed E-state index contributed by atoms with van der Waals surface area (Å²) >= 11 is 5.47. The Morgan fingerprint density at radius 2 is 1.68 bits per heavy atom. The van der Waals surface area contributed by atoms with Gasteiger partial charge < -0.3 is 10.4 Å². The molecule has 2 aromatic rings. The molecule has 3 N–H and O–H groups in total. The van der Waals surface area contributed by atoms with Gasteiger partial charge in [0.15, 0.2) is 0 Å². The van der Waals surface area contributed by atoms with Crippen LogP contribution in [0, 0.1) is 0 Å². The van der Waals surface area contributed by atoms with Gasteiger partial charge >= 0.3 is 24.0 Å². The zero-order valence-corrected chi connectivity index (χ0v) is 14.5. The number of alkyl halides is 3. The number of hydrazone groups is 1. The minimum absolute atomic E-state index is 0.0572. The Morgan fingerprint density at radius 1 is 1.04 bits per heavy atom. The average Bonchev–Trinajstić information content (AvgIpc) is 2.62. The third kappa shape index (κ3) is 5.55. The fraction of sp³-hybridized carbons (Fsp3) is 0.0588. The molecule has 0 aliphatic heterocycles. The Labute approximate surface area is 160 Å². The minimum atomic E-state index is -4.72. The molecule has 7 nitrogen and oxygen atoms in total. The lowest BCUT2D eigenvalue weighted by molar-refractivity contribution is -0.137. The molecule has 0 spiro atoms. The summed E-state index contributed by atoms with van der Waals surface area (Å²) in [7, 11) is 0. The number of carbonyl (C=O) groups excluding carboxylic acids is 2. The normalized spacial score (nSPS) is 11.3. The summed E-state index contributed by atoms with van der Waals surface area (Å²) in [4.78, 5) is 34.1. The van der Waals surface area contributed by atoms with Gasteiger partial charge in [-0.05, 0) is 35.9 Å². The summed E-state index contributed by atoms with van der Waals surface area (Å²) in [6.45, 7) is 0. The number of carboxylic acid groups (broad SMARTS) is 1. The highest BCUT2D eigenvalue weighted by molar-refractivity contribution is 6.39. The molecule has 28 heavy (non-hydrogen) atoms. The van der Waals surface area contributed by atoms with E-state index < -0.39 is 34.5 Å². The average molecular weight is 414 g/mol. The predicted octanol–water partition coefficient (Wildman–Crippen LogP) is 3.15. The Kier molecular flexibility index (Phi) is 6.37. The number of rotatable bonds is 4. The number of hydrogen-bond donors (Lipinski definition) is 3. The van der Waals surface area contributed by atoms with Gasteiger partial charge in [0.25, 0.3) is 0 Å². The van der Waals surface area contributed by atoms with Crippen LogP contribution >= 0.6 is 11.6 Å². The van der Waals surface area contributed by atoms with E-state index in [1.165, 1.54) is 24.3 Å². The maximum absolute atomic E-state index is 12.8. The highest BCUT2D eigenvalue weighted by atomic mass is 35.5. The van der Waals surface area contributed by atoms with Crippen molar-refractivity contribution in [2.24, 2.45) is 5.10 Å². The standard InChI is InChI=1S/C17H11ClF3N3O4/c18-13-6-5-11(7-12(13)17(19,20)21)23-14(25)15(26)24-22-8-9-1-3-10(4-2-9)16(27)28/h1-8H,(H,23,25)(H,24,26)(H,27,28)/b22-8-. The van der Waals surface area contributed by atoms with Gasteiger partial charge in [-0.1, -0.05) is 23.7 Å². The van der Waals surface area contributed by atoms with Gasteiger partial charge in [-0.3, -0.25) is 9.59 Å². The molecule has 0 fully saturated rings. The molecule has 0 unspecified atom stereocenters. The van der Waals surface area contributed by atoms with E-state index in [1.807, 2.05) is 10.7 Å². The molecular formula is C17H11ClF3N3O4. The van der Waals surface area contributed by atoms with Gasteiger partial charge in [0, 0.05) is 5.69 Å². The first-order valence-electron chi connectivity index (χ1n) is 7.42. The van der Waals surface area contributed by atoms with Crippen LogP contribution in [0.25, 0.3) is 0 Å². The zero-order chi connectivity index (χ0) is 20.9. The first-order chi connectivity index (χ1) is 13.1. The number of nitrogens with zero attached hydrogens (tertiary/aromatic N) is 1. The molecule has 0 atom stereocenters. The molecule has 0 saturated heterocycles. The van der Waals surface area contributed by atoms with E-state index >= 15 is 0 Å². The van der Waals surface area contributed by atoms with Gasteiger partial charge in [-0.25, -0.2) is 10.2 Å². The molecule has 2 rings (SSSR count). The molecule has 0 aliphatic rings. The number of carbonyl (C=O) groups is 3. The Morgan fingerprint density at radius 3 is 2.25 bits per heavy atom. The molecule has 0 aliphatic carbocycles. The zero-order valence-electron chi connectivity index (χ0n) is 13.7. The van der Waals surface area contributed by atoms with E-state index in [4.69, 9.17) is 16.7 Å². The van der Waals surface area contributed by atoms with Crippen LogP contribution in [0.4, 0.5) is 18.9 Å². The molecule has 11 heteroatoms. The van der Waals surface area contributed by atoms with Crippen LogP contribution in [0.15, 0.2) is 47.6 Å². The van der Waals surface area contributed by atoms with Crippen LogP contribution in [0.5, 0.6) is 0 Å². The number of anilines is 1. The number of hydrogen-bond acceptors (Lipinski definition) is 4. The first-order valence-corrected chi connectivity index (χ1v) is 7.80. The monoisotopic (exact) mass is 413 g/mol. The largest absolute Gasteiger partial charge is 0.478 e. The number of halogens is 4. The van der Waals surface area contributed by atoms with Crippen molar-refractivity contribution in [1.82, 2.24) is 5.43 Å². The second-order valence-electron chi connectivity index (χ2n) is 5.27. The number of amides is 2. The summed E-state index contributed by atoms with van der Waals surface area (Å²) in [6, 6.07) is 8.12. The molecule has 2 aromatic carbocycles. The molecule has 146 valence electrons. The lowest BCUT2D eigenvalue weighted by Gasteiger charge is -2.11. The third-order valence-corrected chi connectivity index (χ3v) is 3.60. The summed E-state index contributed by atoms with van der Waals surface area (Å²) in [6.07, 6.45) is -3.57. The molecule has 0 aromatic heterocycles. The maximum Gasteiger partial charge on any atom is 0.417 e. The number of nitrogens with one attached hydrogen (secondary N) is 2. The Bertz CT molecular complexity index is 944. The second kappa shape index (κ2) is 8.53. The van der Waals surface area contributed by atoms with Crippen molar-refractivity contribution in [2.45, 2.75) is 6.18 Å². The lowest BCUT2D eigenvalue weighted by atomic mass is 10.1. The van der Waals surface area contributed by atoms with Crippen LogP contribution < -0.4 is 10.7 Å². The van der Waals surface area contributed by atoms with E-state index in [9.17, 15) is 27.6 Å². The van der Waals surface area contributed by atoms with Crippen molar-refractivity contribution in [1.29, 1.82) is 0 Å². The molecule has 0 bridgehead atoms. The van der Waals surface area contributed by atoms with E-state index in [0.717, 1.165) is 18.3 Å². The lowest BCUT2D eigenvalue weighted by Crippen LogP contribution is -2.32. The van der Waals surface area contributed by atoms with Gasteiger partial charge in [0.1, 0.15) is 0 Å². The first kappa shape index (κ1) is 20.9. The second-order valence-corrected chi connectivity index (χ2v) is 5.68. The Balaban J connectivity index is 1.98. The van der Waals surface area contributed by atoms with Gasteiger partial charge in [0.2, 0.25) is 0 Å². The fourth-order valence-electron chi connectivity index (χ4n) is 1.94. The highest BCUT2D eigenvalue weighted by Gasteiger charge is 2.33. The summed E-state index contributed by atoms with van der Waals surface area (Å²) in [5, 5.41) is 13.7. The van der Waals surface area contributed by atoms with Crippen LogP contribution in [0.3, 0.4) is 0 Å². The van der Waals surface area contributed by atoms with Crippen molar-refractivity contribution >= 4 is 41.3 Å². The molecule has 0 saturated carbocycles. The van der Waals surface area contributed by atoms with Crippen LogP contribution in [-0.4, -0.2) is 29.1 Å². The molecular weight excluding hydrogens is 403 g/mol. The van der Waals surface area contributed by atoms with E-state index in [1.54, 1.807) is 0 Å². The number of carboxylic acids is 1. The fourth-order valence-corrected chi connectivity index (χ4v) is 2.16. The van der Waals surface area contributed by atoms with E-state index in [0.29, 0.717) is 11.6 Å². The quantitative estimate of drug-likeness (QED) is 0.406. The minimum Gasteiger partial charge on any atom is -0.478 e. The molecule has 0 heterocycles. The van der Waals surface area contributed by atoms with Crippen LogP contribution in [-0.2, 0) is 15.8 Å². The van der Waals surface area contributed by atoms with Crippen LogP contribution in [0.1, 0.15) is 21.5 Å². The predicted molar refractivity (Wildman–Crippen MR) is 94.2 cm³/mol. The number of aromatic carboxylic acids is 1. The van der Waals surface area contributed by atoms with Gasteiger partial charge in [-0.2, -0.15) is 18.3 Å². The highest BCUT2D eigenvalue weighted by Crippen LogP contribution is 2.36. The van der Waals surface area contributed by atoms with Crippen molar-refractivity contribution in [3.05, 3.63) is 64.2 Å². The smallest absolute Gasteiger partial charge is 0.417 e. The number of benzene rings is 2. The summed E-state index contributed by atoms with van der Waals surface area (Å²) in [5.41, 5.74) is 0.968. The van der Waals surface area contributed by atoms with Crippen molar-refractivity contribution in [3.63, 3.8) is 0 Å². The van der Waals surface area contributed by atoms with Gasteiger partial charge in [-0.15, -0.1) is 0 Å². The topological polar surface area (TPSA) is 108 Å². The summed E-state index contributed by atoms with van der Waals surface area (Å²) in [5.74, 6) is -3.57. The van der Waals surface area contributed by atoms with Crippen molar-refractivity contribution < 1.29 is 32.7 Å². The van der Waals surface area contributed by atoms with E-state index in [2.05, 4.69) is 5.10 Å². The van der Waals surface area contributed by atoms with Crippen molar-refractivity contribution in [3.8, 4) is 0 Å². The summed E-state index contributed by atoms with van der Waals surface area (Å²) < 4.78 is 38.4. The van der Waals surface area contributed by atoms with Gasteiger partial charge in [0.05, 0.1) is 22.4 Å². The SMILES string of the molecule is O=C(N/N=C\c1ccc(C(=O)O)cc1)C(=O)Nc1ccc(Cl)c(C(F)(F)F)c1. The van der Waals surface area contributed by atoms with Crippen LogP contribution in [0.2, 0.25) is 5.02 Å². The van der Waals surface area contributed by atoms with E-state index in [-0.39, 0.29) is 11.3 Å². The maximum atomic E-state index is 12.8. The third-order valence-electron chi connectivity index (χ3n) is 3.27.